The molecule has 4 nitrogen and oxygen atoms in total. The van der Waals surface area contributed by atoms with Gasteiger partial charge in [-0.1, -0.05) is 12.1 Å². The van der Waals surface area contributed by atoms with Crippen LogP contribution < -0.4 is 5.73 Å². The Labute approximate surface area is 117 Å². The molecule has 2 heterocycles. The van der Waals surface area contributed by atoms with Gasteiger partial charge in [0.15, 0.2) is 0 Å². The van der Waals surface area contributed by atoms with Crippen LogP contribution in [-0.4, -0.2) is 34.9 Å². The second kappa shape index (κ2) is 4.35. The highest BCUT2D eigenvalue weighted by Crippen LogP contribution is 2.37. The lowest BCUT2D eigenvalue weighted by Crippen LogP contribution is -2.33. The Morgan fingerprint density at radius 1 is 1.25 bits per heavy atom. The molecule has 4 heteroatoms. The number of likely N-dealkylation sites (tertiary alicyclic amines) is 1. The third-order valence-electron chi connectivity index (χ3n) is 5.02. The summed E-state index contributed by atoms with van der Waals surface area (Å²) >= 11 is 0. The van der Waals surface area contributed by atoms with Crippen LogP contribution in [0.5, 0.6) is 0 Å². The number of amides is 1. The number of aromatic nitrogens is 1. The standard InChI is InChI=1S/C16H19N3O/c17-14-5-4-11-8-19(9-13(11)14)16(20)12-3-1-2-10-6-7-18-15(10)12/h1-3,6-7,11,13-14,18H,4-5,8-9,17H2. The molecule has 3 N–H and O–H groups in total. The average molecular weight is 269 g/mol. The first-order chi connectivity index (χ1) is 9.74. The highest BCUT2D eigenvalue weighted by atomic mass is 16.2. The molecule has 1 aromatic carbocycles. The van der Waals surface area contributed by atoms with Gasteiger partial charge in [-0.15, -0.1) is 0 Å². The van der Waals surface area contributed by atoms with Crippen molar-refractivity contribution in [2.24, 2.45) is 17.6 Å². The Kier molecular flexibility index (Phi) is 2.60. The van der Waals surface area contributed by atoms with Gasteiger partial charge in [0.2, 0.25) is 0 Å². The molecule has 2 fully saturated rings. The number of hydrogen-bond donors (Lipinski definition) is 2. The van der Waals surface area contributed by atoms with Crippen LogP contribution >= 0.6 is 0 Å². The first kappa shape index (κ1) is 12.0. The van der Waals surface area contributed by atoms with E-state index in [9.17, 15) is 4.79 Å². The molecular weight excluding hydrogens is 250 g/mol. The molecule has 1 aliphatic carbocycles. The van der Waals surface area contributed by atoms with E-state index in [-0.39, 0.29) is 11.9 Å². The summed E-state index contributed by atoms with van der Waals surface area (Å²) in [4.78, 5) is 17.9. The number of nitrogens with one attached hydrogen (secondary N) is 1. The van der Waals surface area contributed by atoms with E-state index >= 15 is 0 Å². The minimum atomic E-state index is 0.139. The number of benzene rings is 1. The van der Waals surface area contributed by atoms with Gasteiger partial charge < -0.3 is 15.6 Å². The lowest BCUT2D eigenvalue weighted by molar-refractivity contribution is 0.0781. The summed E-state index contributed by atoms with van der Waals surface area (Å²) in [7, 11) is 0. The number of H-pyrrole nitrogens is 1. The molecule has 20 heavy (non-hydrogen) atoms. The third kappa shape index (κ3) is 1.68. The number of carbonyl (C=O) groups excluding carboxylic acids is 1. The first-order valence-corrected chi connectivity index (χ1v) is 7.35. The zero-order chi connectivity index (χ0) is 13.7. The number of aromatic amines is 1. The zero-order valence-electron chi connectivity index (χ0n) is 11.4. The number of para-hydroxylation sites is 1. The first-order valence-electron chi connectivity index (χ1n) is 7.35. The largest absolute Gasteiger partial charge is 0.361 e. The van der Waals surface area contributed by atoms with Gasteiger partial charge in [0.05, 0.1) is 11.1 Å². The number of carbonyl (C=O) groups is 1. The van der Waals surface area contributed by atoms with E-state index in [0.717, 1.165) is 36.0 Å². The summed E-state index contributed by atoms with van der Waals surface area (Å²) in [6, 6.07) is 8.17. The van der Waals surface area contributed by atoms with Crippen molar-refractivity contribution in [1.82, 2.24) is 9.88 Å². The highest BCUT2D eigenvalue weighted by molar-refractivity contribution is 6.05. The minimum Gasteiger partial charge on any atom is -0.361 e. The van der Waals surface area contributed by atoms with Crippen molar-refractivity contribution in [2.75, 3.05) is 13.1 Å². The maximum Gasteiger partial charge on any atom is 0.256 e. The van der Waals surface area contributed by atoms with Crippen LogP contribution in [0.3, 0.4) is 0 Å². The van der Waals surface area contributed by atoms with Gasteiger partial charge in [0.1, 0.15) is 0 Å². The van der Waals surface area contributed by atoms with Crippen LogP contribution in [0.2, 0.25) is 0 Å². The molecule has 1 amide bonds. The molecule has 0 spiro atoms. The van der Waals surface area contributed by atoms with Crippen molar-refractivity contribution in [3.8, 4) is 0 Å². The van der Waals surface area contributed by atoms with Gasteiger partial charge in [0.25, 0.3) is 5.91 Å². The molecule has 1 aromatic heterocycles. The quantitative estimate of drug-likeness (QED) is 0.831. The fourth-order valence-corrected chi connectivity index (χ4v) is 3.91. The maximum atomic E-state index is 12.8. The number of fused-ring (bicyclic) bond motifs is 2. The van der Waals surface area contributed by atoms with Gasteiger partial charge >= 0.3 is 0 Å². The smallest absolute Gasteiger partial charge is 0.256 e. The Morgan fingerprint density at radius 3 is 3.00 bits per heavy atom. The SMILES string of the molecule is NC1CCC2CN(C(=O)c3cccc4cc[nH]c34)CC12. The van der Waals surface area contributed by atoms with Crippen LogP contribution in [0.25, 0.3) is 10.9 Å². The molecule has 3 atom stereocenters. The fraction of sp³-hybridized carbons (Fsp3) is 0.438. The Morgan fingerprint density at radius 2 is 2.15 bits per heavy atom. The van der Waals surface area contributed by atoms with Crippen LogP contribution in [0.1, 0.15) is 23.2 Å². The lowest BCUT2D eigenvalue weighted by atomic mass is 9.98. The van der Waals surface area contributed by atoms with Crippen LogP contribution in [-0.2, 0) is 0 Å². The average Bonchev–Trinajstić information content (AvgIpc) is 3.14. The van der Waals surface area contributed by atoms with Gasteiger partial charge in [-0.05, 0) is 36.8 Å². The molecular formula is C16H19N3O. The molecule has 0 radical (unpaired) electrons. The highest BCUT2D eigenvalue weighted by Gasteiger charge is 2.42. The summed E-state index contributed by atoms with van der Waals surface area (Å²) in [5, 5.41) is 1.09. The Bertz CT molecular complexity index is 663. The van der Waals surface area contributed by atoms with E-state index < -0.39 is 0 Å². The van der Waals surface area contributed by atoms with Crippen molar-refractivity contribution in [2.45, 2.75) is 18.9 Å². The van der Waals surface area contributed by atoms with Crippen LogP contribution in [0.15, 0.2) is 30.5 Å². The predicted molar refractivity (Wildman–Crippen MR) is 78.4 cm³/mol. The predicted octanol–water partition coefficient (Wildman–Crippen LogP) is 1.98. The van der Waals surface area contributed by atoms with Gasteiger partial charge in [-0.3, -0.25) is 4.79 Å². The molecule has 2 aliphatic rings. The third-order valence-corrected chi connectivity index (χ3v) is 5.02. The summed E-state index contributed by atoms with van der Waals surface area (Å²) in [5.41, 5.74) is 7.87. The summed E-state index contributed by atoms with van der Waals surface area (Å²) in [5.74, 6) is 1.25. The van der Waals surface area contributed by atoms with Gasteiger partial charge in [0, 0.05) is 30.7 Å². The maximum absolute atomic E-state index is 12.8. The van der Waals surface area contributed by atoms with Gasteiger partial charge in [-0.2, -0.15) is 0 Å². The normalized spacial score (nSPS) is 29.1. The number of nitrogens with two attached hydrogens (primary N) is 1. The van der Waals surface area contributed by atoms with E-state index in [2.05, 4.69) is 4.98 Å². The van der Waals surface area contributed by atoms with E-state index in [1.165, 1.54) is 6.42 Å². The molecule has 3 unspecified atom stereocenters. The monoisotopic (exact) mass is 269 g/mol. The zero-order valence-corrected chi connectivity index (χ0v) is 11.4. The fourth-order valence-electron chi connectivity index (χ4n) is 3.91. The minimum absolute atomic E-state index is 0.139. The number of hydrogen-bond acceptors (Lipinski definition) is 2. The molecule has 1 saturated carbocycles. The Hall–Kier alpha value is -1.81. The molecule has 2 aromatic rings. The summed E-state index contributed by atoms with van der Waals surface area (Å²) in [6.45, 7) is 1.69. The van der Waals surface area contributed by atoms with Crippen molar-refractivity contribution in [3.63, 3.8) is 0 Å². The lowest BCUT2D eigenvalue weighted by Gasteiger charge is -2.19. The second-order valence-electron chi connectivity index (χ2n) is 6.12. The number of nitrogens with zero attached hydrogens (tertiary/aromatic N) is 1. The summed E-state index contributed by atoms with van der Waals surface area (Å²) < 4.78 is 0. The van der Waals surface area contributed by atoms with Crippen LogP contribution in [0, 0.1) is 11.8 Å². The number of rotatable bonds is 1. The van der Waals surface area contributed by atoms with E-state index in [4.69, 9.17) is 5.73 Å². The second-order valence-corrected chi connectivity index (χ2v) is 6.12. The summed E-state index contributed by atoms with van der Waals surface area (Å²) in [6.07, 6.45) is 4.17. The molecule has 0 bridgehead atoms. The van der Waals surface area contributed by atoms with E-state index in [1.54, 1.807) is 0 Å². The molecule has 1 aliphatic heterocycles. The van der Waals surface area contributed by atoms with Crippen molar-refractivity contribution in [1.29, 1.82) is 0 Å². The molecule has 4 rings (SSSR count). The van der Waals surface area contributed by atoms with E-state index in [1.807, 2.05) is 35.4 Å². The van der Waals surface area contributed by atoms with Crippen molar-refractivity contribution >= 4 is 16.8 Å². The van der Waals surface area contributed by atoms with E-state index in [0.29, 0.717) is 11.8 Å². The van der Waals surface area contributed by atoms with Crippen LogP contribution in [0.4, 0.5) is 0 Å². The van der Waals surface area contributed by atoms with Crippen molar-refractivity contribution < 1.29 is 4.79 Å². The topological polar surface area (TPSA) is 62.1 Å². The van der Waals surface area contributed by atoms with Crippen molar-refractivity contribution in [3.05, 3.63) is 36.0 Å². The molecule has 104 valence electrons. The van der Waals surface area contributed by atoms with Gasteiger partial charge in [-0.25, -0.2) is 0 Å². The molecule has 1 saturated heterocycles. The Balaban J connectivity index is 1.64.